The molecular weight excluding hydrogens is 196 g/mol. The minimum absolute atomic E-state index is 0.376. The molecule has 0 fully saturated rings. The molecule has 0 aliphatic rings. The molecule has 1 aromatic carbocycles. The van der Waals surface area contributed by atoms with Crippen LogP contribution in [-0.4, -0.2) is 31.4 Å². The van der Waals surface area contributed by atoms with Crippen LogP contribution >= 0.6 is 0 Å². The molecule has 0 heterocycles. The lowest BCUT2D eigenvalue weighted by Gasteiger charge is -2.06. The van der Waals surface area contributed by atoms with Crippen molar-refractivity contribution in [2.45, 2.75) is 0 Å². The Morgan fingerprint density at radius 2 is 2.00 bits per heavy atom. The van der Waals surface area contributed by atoms with Crippen LogP contribution in [0.5, 0.6) is 5.75 Å². The number of nitrogens with one attached hydrogen (secondary N) is 2. The zero-order valence-electron chi connectivity index (χ0n) is 8.49. The Bertz CT molecular complexity index is 311. The quantitative estimate of drug-likeness (QED) is 0.642. The van der Waals surface area contributed by atoms with Gasteiger partial charge in [0.1, 0.15) is 5.75 Å². The number of carbonyl (C=O) groups is 1. The molecule has 0 radical (unpaired) electrons. The fraction of sp³-hybridized carbons (Fsp3) is 0.300. The van der Waals surface area contributed by atoms with Gasteiger partial charge in [0.05, 0.1) is 7.11 Å². The van der Waals surface area contributed by atoms with Gasteiger partial charge in [-0.3, -0.25) is 0 Å². The predicted octanol–water partition coefficient (Wildman–Crippen LogP) is 1.37. The maximum atomic E-state index is 10.1. The van der Waals surface area contributed by atoms with Crippen LogP contribution in [-0.2, 0) is 0 Å². The standard InChI is InChI=1S/C10H14N2O3/c1-15-9-4-2-8(3-5-9)11-6-7-12-10(13)14/h2-5,11-12H,6-7H2,1H3,(H,13,14). The number of methoxy groups -OCH3 is 1. The summed E-state index contributed by atoms with van der Waals surface area (Å²) in [5, 5.41) is 13.7. The van der Waals surface area contributed by atoms with Crippen molar-refractivity contribution < 1.29 is 14.6 Å². The lowest BCUT2D eigenvalue weighted by Crippen LogP contribution is -2.26. The molecule has 0 bridgehead atoms. The molecular formula is C10H14N2O3. The van der Waals surface area contributed by atoms with E-state index in [1.54, 1.807) is 7.11 Å². The van der Waals surface area contributed by atoms with Gasteiger partial charge in [-0.05, 0) is 24.3 Å². The molecule has 5 nitrogen and oxygen atoms in total. The van der Waals surface area contributed by atoms with Crippen molar-refractivity contribution in [3.05, 3.63) is 24.3 Å². The van der Waals surface area contributed by atoms with Crippen molar-refractivity contribution in [2.75, 3.05) is 25.5 Å². The summed E-state index contributed by atoms with van der Waals surface area (Å²) in [5.41, 5.74) is 0.933. The highest BCUT2D eigenvalue weighted by molar-refractivity contribution is 5.64. The third kappa shape index (κ3) is 4.21. The van der Waals surface area contributed by atoms with Crippen LogP contribution in [0.4, 0.5) is 10.5 Å². The summed E-state index contributed by atoms with van der Waals surface area (Å²) in [4.78, 5) is 10.1. The van der Waals surface area contributed by atoms with Gasteiger partial charge in [-0.15, -0.1) is 0 Å². The van der Waals surface area contributed by atoms with Crippen LogP contribution in [0, 0.1) is 0 Å². The van der Waals surface area contributed by atoms with Gasteiger partial charge < -0.3 is 20.5 Å². The van der Waals surface area contributed by atoms with E-state index in [4.69, 9.17) is 9.84 Å². The molecule has 15 heavy (non-hydrogen) atoms. The molecule has 1 aromatic rings. The third-order valence-corrected chi connectivity index (χ3v) is 1.82. The van der Waals surface area contributed by atoms with E-state index < -0.39 is 6.09 Å². The fourth-order valence-corrected chi connectivity index (χ4v) is 1.09. The second-order valence-corrected chi connectivity index (χ2v) is 2.89. The molecule has 0 unspecified atom stereocenters. The highest BCUT2D eigenvalue weighted by Gasteiger charge is 1.94. The molecule has 0 saturated carbocycles. The lowest BCUT2D eigenvalue weighted by atomic mass is 10.3. The first-order valence-corrected chi connectivity index (χ1v) is 4.57. The second kappa shape index (κ2) is 5.74. The Kier molecular flexibility index (Phi) is 4.28. The normalized spacial score (nSPS) is 9.40. The molecule has 0 aliphatic carbocycles. The molecule has 0 saturated heterocycles. The maximum absolute atomic E-state index is 10.1. The van der Waals surface area contributed by atoms with E-state index in [9.17, 15) is 4.79 Å². The van der Waals surface area contributed by atoms with Crippen LogP contribution in [0.15, 0.2) is 24.3 Å². The zero-order chi connectivity index (χ0) is 11.1. The summed E-state index contributed by atoms with van der Waals surface area (Å²) in [6, 6.07) is 7.43. The molecule has 0 spiro atoms. The lowest BCUT2D eigenvalue weighted by molar-refractivity contribution is 0.195. The first-order valence-electron chi connectivity index (χ1n) is 4.57. The predicted molar refractivity (Wildman–Crippen MR) is 57.5 cm³/mol. The van der Waals surface area contributed by atoms with Crippen molar-refractivity contribution >= 4 is 11.8 Å². The molecule has 1 amide bonds. The van der Waals surface area contributed by atoms with Crippen molar-refractivity contribution in [2.24, 2.45) is 0 Å². The number of hydrogen-bond acceptors (Lipinski definition) is 3. The smallest absolute Gasteiger partial charge is 0.404 e. The first kappa shape index (κ1) is 11.2. The Hall–Kier alpha value is -1.91. The number of benzene rings is 1. The summed E-state index contributed by atoms with van der Waals surface area (Å²) >= 11 is 0. The summed E-state index contributed by atoms with van der Waals surface area (Å²) in [7, 11) is 1.61. The van der Waals surface area contributed by atoms with Crippen molar-refractivity contribution in [1.29, 1.82) is 0 Å². The SMILES string of the molecule is COc1ccc(NCCNC(=O)O)cc1. The summed E-state index contributed by atoms with van der Waals surface area (Å²) in [5.74, 6) is 0.796. The van der Waals surface area contributed by atoms with Crippen LogP contribution in [0.25, 0.3) is 0 Å². The van der Waals surface area contributed by atoms with Gasteiger partial charge >= 0.3 is 6.09 Å². The van der Waals surface area contributed by atoms with Crippen LogP contribution in [0.3, 0.4) is 0 Å². The van der Waals surface area contributed by atoms with Gasteiger partial charge in [0, 0.05) is 18.8 Å². The number of hydrogen-bond donors (Lipinski definition) is 3. The average Bonchev–Trinajstić information content (AvgIpc) is 2.25. The van der Waals surface area contributed by atoms with Crippen LogP contribution < -0.4 is 15.4 Å². The van der Waals surface area contributed by atoms with Crippen molar-refractivity contribution in [3.63, 3.8) is 0 Å². The third-order valence-electron chi connectivity index (χ3n) is 1.82. The van der Waals surface area contributed by atoms with Crippen molar-refractivity contribution in [1.82, 2.24) is 5.32 Å². The summed E-state index contributed by atoms with van der Waals surface area (Å²) < 4.78 is 5.01. The first-order chi connectivity index (χ1) is 7.22. The second-order valence-electron chi connectivity index (χ2n) is 2.89. The van der Waals surface area contributed by atoms with Crippen LogP contribution in [0.1, 0.15) is 0 Å². The molecule has 1 rings (SSSR count). The number of amides is 1. The van der Waals surface area contributed by atoms with Gasteiger partial charge in [-0.1, -0.05) is 0 Å². The van der Waals surface area contributed by atoms with Gasteiger partial charge in [0.15, 0.2) is 0 Å². The van der Waals surface area contributed by atoms with Crippen molar-refractivity contribution in [3.8, 4) is 5.75 Å². The fourth-order valence-electron chi connectivity index (χ4n) is 1.09. The molecule has 5 heteroatoms. The number of carboxylic acid groups (broad SMARTS) is 1. The highest BCUT2D eigenvalue weighted by atomic mass is 16.5. The maximum Gasteiger partial charge on any atom is 0.404 e. The zero-order valence-corrected chi connectivity index (χ0v) is 8.49. The van der Waals surface area contributed by atoms with Crippen LogP contribution in [0.2, 0.25) is 0 Å². The van der Waals surface area contributed by atoms with E-state index in [2.05, 4.69) is 10.6 Å². The van der Waals surface area contributed by atoms with E-state index >= 15 is 0 Å². The molecule has 0 atom stereocenters. The average molecular weight is 210 g/mol. The summed E-state index contributed by atoms with van der Waals surface area (Å²) in [6.45, 7) is 0.931. The Balaban J connectivity index is 2.28. The topological polar surface area (TPSA) is 70.6 Å². The Labute approximate surface area is 88.1 Å². The molecule has 82 valence electrons. The minimum Gasteiger partial charge on any atom is -0.497 e. The number of anilines is 1. The monoisotopic (exact) mass is 210 g/mol. The number of rotatable bonds is 5. The summed E-state index contributed by atoms with van der Waals surface area (Å²) in [6.07, 6.45) is -1.01. The van der Waals surface area contributed by atoms with Gasteiger partial charge in [0.25, 0.3) is 0 Å². The Morgan fingerprint density at radius 1 is 1.33 bits per heavy atom. The largest absolute Gasteiger partial charge is 0.497 e. The van der Waals surface area contributed by atoms with E-state index in [1.165, 1.54) is 0 Å². The highest BCUT2D eigenvalue weighted by Crippen LogP contribution is 2.14. The van der Waals surface area contributed by atoms with Gasteiger partial charge in [0.2, 0.25) is 0 Å². The van der Waals surface area contributed by atoms with Gasteiger partial charge in [-0.2, -0.15) is 0 Å². The van der Waals surface area contributed by atoms with Gasteiger partial charge in [-0.25, -0.2) is 4.79 Å². The number of ether oxygens (including phenoxy) is 1. The molecule has 0 aromatic heterocycles. The van der Waals surface area contributed by atoms with E-state index in [-0.39, 0.29) is 0 Å². The molecule has 0 aliphatic heterocycles. The molecule has 3 N–H and O–H groups in total. The van der Waals surface area contributed by atoms with E-state index in [0.29, 0.717) is 13.1 Å². The Morgan fingerprint density at radius 3 is 2.53 bits per heavy atom. The van der Waals surface area contributed by atoms with E-state index in [1.807, 2.05) is 24.3 Å². The van der Waals surface area contributed by atoms with E-state index in [0.717, 1.165) is 11.4 Å². The minimum atomic E-state index is -1.01.